The number of halogens is 1. The molecule has 8 heteroatoms. The number of likely N-dealkylation sites (tertiary alicyclic amines) is 1. The second-order valence-electron chi connectivity index (χ2n) is 8.47. The summed E-state index contributed by atoms with van der Waals surface area (Å²) in [5.41, 5.74) is 2.74. The highest BCUT2D eigenvalue weighted by atomic mass is 35.5. The number of hydrogen-bond acceptors (Lipinski definition) is 5. The molecule has 0 spiro atoms. The highest BCUT2D eigenvalue weighted by molar-refractivity contribution is 5.85. The Balaban J connectivity index is 0.00000274. The van der Waals surface area contributed by atoms with Crippen molar-refractivity contribution in [2.45, 2.75) is 32.0 Å². The molecule has 178 valence electrons. The highest BCUT2D eigenvalue weighted by Gasteiger charge is 2.23. The van der Waals surface area contributed by atoms with Crippen molar-refractivity contribution < 1.29 is 9.84 Å². The molecule has 1 N–H and O–H groups in total. The normalized spacial score (nSPS) is 16.0. The van der Waals surface area contributed by atoms with Crippen LogP contribution in [0, 0.1) is 0 Å². The zero-order valence-corrected chi connectivity index (χ0v) is 19.7. The smallest absolute Gasteiger partial charge is 0.258 e. The maximum absolute atomic E-state index is 12.7. The Bertz CT molecular complexity index is 1290. The molecule has 4 aromatic rings. The molecule has 0 radical (unpaired) electrons. The van der Waals surface area contributed by atoms with E-state index in [9.17, 15) is 9.90 Å². The van der Waals surface area contributed by atoms with Crippen LogP contribution in [-0.2, 0) is 13.2 Å². The standard InChI is InChI=1S/C26H28N4O3.ClH/c31-18-23-7-4-11-28(23)13-14-30-25-9-8-22(15-21(25)17-27-30)29-12-10-24(16-26(29)32)33-19-20-5-2-1-3-6-20;/h1-3,5-6,8-10,12,15-17,23,31H,4,7,11,13-14,18-19H2;1H. The van der Waals surface area contributed by atoms with Gasteiger partial charge in [0.25, 0.3) is 5.56 Å². The molecule has 2 aromatic heterocycles. The molecular weight excluding hydrogens is 452 g/mol. The number of aliphatic hydroxyl groups excluding tert-OH is 1. The molecule has 1 aliphatic rings. The number of benzene rings is 2. The molecule has 1 aliphatic heterocycles. The molecule has 0 amide bonds. The van der Waals surface area contributed by atoms with E-state index in [0.717, 1.165) is 54.6 Å². The van der Waals surface area contributed by atoms with Crippen molar-refractivity contribution >= 4 is 23.3 Å². The minimum absolute atomic E-state index is 0. The predicted molar refractivity (Wildman–Crippen MR) is 135 cm³/mol. The number of ether oxygens (including phenoxy) is 1. The Labute approximate surface area is 204 Å². The molecule has 7 nitrogen and oxygen atoms in total. The Hall–Kier alpha value is -3.13. The molecule has 3 heterocycles. The molecule has 1 unspecified atom stereocenters. The number of aromatic nitrogens is 3. The first-order valence-electron chi connectivity index (χ1n) is 11.4. The molecule has 0 aliphatic carbocycles. The largest absolute Gasteiger partial charge is 0.489 e. The van der Waals surface area contributed by atoms with Gasteiger partial charge in [-0.15, -0.1) is 12.4 Å². The Kier molecular flexibility index (Phi) is 7.67. The number of hydrogen-bond donors (Lipinski definition) is 1. The molecule has 2 aromatic carbocycles. The van der Waals surface area contributed by atoms with Gasteiger partial charge in [0.15, 0.2) is 0 Å². The maximum Gasteiger partial charge on any atom is 0.258 e. The van der Waals surface area contributed by atoms with Gasteiger partial charge in [-0.05, 0) is 49.2 Å². The molecule has 5 rings (SSSR count). The Morgan fingerprint density at radius 2 is 1.91 bits per heavy atom. The molecule has 1 fully saturated rings. The van der Waals surface area contributed by atoms with E-state index >= 15 is 0 Å². The SMILES string of the molecule is Cl.O=c1cc(OCc2ccccc2)ccn1-c1ccc2c(cnn2CCN2CCCC2CO)c1. The summed E-state index contributed by atoms with van der Waals surface area (Å²) in [6, 6.07) is 19.4. The fourth-order valence-corrected chi connectivity index (χ4v) is 4.53. The zero-order chi connectivity index (χ0) is 22.6. The number of aliphatic hydroxyl groups is 1. The van der Waals surface area contributed by atoms with Crippen molar-refractivity contribution in [1.82, 2.24) is 19.2 Å². The van der Waals surface area contributed by atoms with Crippen LogP contribution in [0.5, 0.6) is 5.75 Å². The van der Waals surface area contributed by atoms with Crippen molar-refractivity contribution in [2.24, 2.45) is 0 Å². The van der Waals surface area contributed by atoms with Gasteiger partial charge in [-0.1, -0.05) is 30.3 Å². The fraction of sp³-hybridized carbons (Fsp3) is 0.308. The summed E-state index contributed by atoms with van der Waals surface area (Å²) in [6.45, 7) is 3.31. The van der Waals surface area contributed by atoms with Crippen LogP contribution in [-0.4, -0.2) is 50.1 Å². The third-order valence-corrected chi connectivity index (χ3v) is 6.35. The van der Waals surface area contributed by atoms with Crippen LogP contribution < -0.4 is 10.3 Å². The van der Waals surface area contributed by atoms with Gasteiger partial charge in [0.05, 0.1) is 24.9 Å². The molecule has 1 atom stereocenters. The first-order chi connectivity index (χ1) is 16.2. The number of fused-ring (bicyclic) bond motifs is 1. The molecule has 0 bridgehead atoms. The monoisotopic (exact) mass is 480 g/mol. The van der Waals surface area contributed by atoms with E-state index < -0.39 is 0 Å². The average molecular weight is 481 g/mol. The number of rotatable bonds is 8. The molecular formula is C26H29ClN4O3. The maximum atomic E-state index is 12.7. The van der Waals surface area contributed by atoms with Gasteiger partial charge < -0.3 is 9.84 Å². The van der Waals surface area contributed by atoms with E-state index in [4.69, 9.17) is 4.74 Å². The van der Waals surface area contributed by atoms with Crippen LogP contribution in [0.2, 0.25) is 0 Å². The third-order valence-electron chi connectivity index (χ3n) is 6.35. The van der Waals surface area contributed by atoms with Crippen molar-refractivity contribution in [3.05, 3.63) is 89.0 Å². The molecule has 0 saturated carbocycles. The summed E-state index contributed by atoms with van der Waals surface area (Å²) in [5.74, 6) is 0.553. The number of pyridine rings is 1. The van der Waals surface area contributed by atoms with Gasteiger partial charge >= 0.3 is 0 Å². The van der Waals surface area contributed by atoms with Gasteiger partial charge in [-0.25, -0.2) is 0 Å². The average Bonchev–Trinajstić information content (AvgIpc) is 3.48. The first kappa shape index (κ1) is 24.0. The topological polar surface area (TPSA) is 72.5 Å². The lowest BCUT2D eigenvalue weighted by atomic mass is 10.2. The lowest BCUT2D eigenvalue weighted by molar-refractivity contribution is 0.154. The van der Waals surface area contributed by atoms with Crippen LogP contribution >= 0.6 is 12.4 Å². The van der Waals surface area contributed by atoms with Gasteiger partial charge in [-0.2, -0.15) is 5.10 Å². The summed E-state index contributed by atoms with van der Waals surface area (Å²) >= 11 is 0. The third kappa shape index (κ3) is 5.17. The summed E-state index contributed by atoms with van der Waals surface area (Å²) in [6.07, 6.45) is 5.79. The van der Waals surface area contributed by atoms with E-state index in [2.05, 4.69) is 10.00 Å². The van der Waals surface area contributed by atoms with E-state index in [-0.39, 0.29) is 30.6 Å². The van der Waals surface area contributed by atoms with Crippen molar-refractivity contribution in [2.75, 3.05) is 19.7 Å². The van der Waals surface area contributed by atoms with Crippen molar-refractivity contribution in [3.63, 3.8) is 0 Å². The second kappa shape index (κ2) is 10.9. The van der Waals surface area contributed by atoms with Crippen LogP contribution in [0.4, 0.5) is 0 Å². The summed E-state index contributed by atoms with van der Waals surface area (Å²) in [5, 5.41) is 15.1. The summed E-state index contributed by atoms with van der Waals surface area (Å²) in [4.78, 5) is 15.1. The predicted octanol–water partition coefficient (Wildman–Crippen LogP) is 3.64. The van der Waals surface area contributed by atoms with Crippen LogP contribution in [0.15, 0.2) is 77.9 Å². The second-order valence-corrected chi connectivity index (χ2v) is 8.47. The van der Waals surface area contributed by atoms with Crippen molar-refractivity contribution in [3.8, 4) is 11.4 Å². The fourth-order valence-electron chi connectivity index (χ4n) is 4.53. The quantitative estimate of drug-likeness (QED) is 0.417. The van der Waals surface area contributed by atoms with Crippen LogP contribution in [0.3, 0.4) is 0 Å². The van der Waals surface area contributed by atoms with Crippen LogP contribution in [0.1, 0.15) is 18.4 Å². The number of nitrogens with zero attached hydrogens (tertiary/aromatic N) is 4. The van der Waals surface area contributed by atoms with Crippen LogP contribution in [0.25, 0.3) is 16.6 Å². The first-order valence-corrected chi connectivity index (χ1v) is 11.4. The lowest BCUT2D eigenvalue weighted by Gasteiger charge is -2.22. The van der Waals surface area contributed by atoms with E-state index in [1.165, 1.54) is 6.07 Å². The Morgan fingerprint density at radius 1 is 1.06 bits per heavy atom. The summed E-state index contributed by atoms with van der Waals surface area (Å²) < 4.78 is 9.38. The minimum Gasteiger partial charge on any atom is -0.489 e. The van der Waals surface area contributed by atoms with E-state index in [1.807, 2.05) is 65.5 Å². The van der Waals surface area contributed by atoms with E-state index in [1.54, 1.807) is 10.8 Å². The zero-order valence-electron chi connectivity index (χ0n) is 18.9. The van der Waals surface area contributed by atoms with Crippen molar-refractivity contribution in [1.29, 1.82) is 0 Å². The molecule has 34 heavy (non-hydrogen) atoms. The Morgan fingerprint density at radius 3 is 2.71 bits per heavy atom. The lowest BCUT2D eigenvalue weighted by Crippen LogP contribution is -2.34. The van der Waals surface area contributed by atoms with Gasteiger partial charge in [0.1, 0.15) is 12.4 Å². The summed E-state index contributed by atoms with van der Waals surface area (Å²) in [7, 11) is 0. The van der Waals surface area contributed by atoms with E-state index in [0.29, 0.717) is 12.4 Å². The van der Waals surface area contributed by atoms with Gasteiger partial charge in [-0.3, -0.25) is 18.9 Å². The highest BCUT2D eigenvalue weighted by Crippen LogP contribution is 2.20. The minimum atomic E-state index is -0.142. The van der Waals surface area contributed by atoms with Gasteiger partial charge in [0, 0.05) is 35.9 Å². The van der Waals surface area contributed by atoms with Gasteiger partial charge in [0.2, 0.25) is 0 Å². The molecule has 1 saturated heterocycles.